The van der Waals surface area contributed by atoms with E-state index in [1.54, 1.807) is 30.6 Å². The molecule has 2 rings (SSSR count). The molecule has 0 unspecified atom stereocenters. The number of benzene rings is 1. The largest absolute Gasteiger partial charge is 0.343 e. The molecule has 1 aromatic heterocycles. The molecule has 1 amide bonds. The van der Waals surface area contributed by atoms with Gasteiger partial charge in [-0.05, 0) is 37.6 Å². The number of pyridine rings is 1. The summed E-state index contributed by atoms with van der Waals surface area (Å²) in [4.78, 5) is 26.7. The van der Waals surface area contributed by atoms with E-state index in [1.807, 2.05) is 13.8 Å². The summed E-state index contributed by atoms with van der Waals surface area (Å²) in [6, 6.07) is 9.47. The van der Waals surface area contributed by atoms with Crippen LogP contribution >= 0.6 is 0 Å². The second-order valence-electron chi connectivity index (χ2n) is 5.09. The summed E-state index contributed by atoms with van der Waals surface area (Å²) < 4.78 is 0. The van der Waals surface area contributed by atoms with Crippen LogP contribution in [0.4, 0.5) is 5.69 Å². The van der Waals surface area contributed by atoms with E-state index < -0.39 is 16.4 Å². The lowest BCUT2D eigenvalue weighted by molar-refractivity contribution is -0.385. The Balaban J connectivity index is 2.28. The van der Waals surface area contributed by atoms with E-state index in [0.717, 1.165) is 5.56 Å². The first kappa shape index (κ1) is 14.6. The fraction of sp³-hybridized carbons (Fsp3) is 0.200. The van der Waals surface area contributed by atoms with Crippen LogP contribution in [0.3, 0.4) is 0 Å². The van der Waals surface area contributed by atoms with Crippen molar-refractivity contribution in [2.75, 3.05) is 0 Å². The van der Waals surface area contributed by atoms with Crippen LogP contribution in [-0.2, 0) is 5.54 Å². The molecule has 108 valence electrons. The number of para-hydroxylation sites is 1. The SMILES string of the molecule is CC(C)(NC(=O)c1ccccc1[N+](=O)[O-])c1ccncc1. The van der Waals surface area contributed by atoms with Crippen LogP contribution in [0.15, 0.2) is 48.8 Å². The van der Waals surface area contributed by atoms with Gasteiger partial charge in [-0.15, -0.1) is 0 Å². The van der Waals surface area contributed by atoms with Gasteiger partial charge in [-0.2, -0.15) is 0 Å². The van der Waals surface area contributed by atoms with Crippen molar-refractivity contribution in [3.05, 3.63) is 70.0 Å². The lowest BCUT2D eigenvalue weighted by Crippen LogP contribution is -2.41. The van der Waals surface area contributed by atoms with Gasteiger partial charge >= 0.3 is 0 Å². The van der Waals surface area contributed by atoms with Crippen molar-refractivity contribution in [2.45, 2.75) is 19.4 Å². The number of nitro groups is 1. The number of nitrogens with one attached hydrogen (secondary N) is 1. The molecule has 0 saturated heterocycles. The van der Waals surface area contributed by atoms with Crippen LogP contribution in [0.2, 0.25) is 0 Å². The Kier molecular flexibility index (Phi) is 3.98. The quantitative estimate of drug-likeness (QED) is 0.691. The third-order valence-corrected chi connectivity index (χ3v) is 3.17. The molecule has 2 aromatic rings. The van der Waals surface area contributed by atoms with Gasteiger partial charge in [-0.3, -0.25) is 19.9 Å². The van der Waals surface area contributed by atoms with E-state index >= 15 is 0 Å². The monoisotopic (exact) mass is 285 g/mol. The minimum absolute atomic E-state index is 0.0460. The first-order valence-corrected chi connectivity index (χ1v) is 6.38. The van der Waals surface area contributed by atoms with E-state index in [1.165, 1.54) is 18.2 Å². The molecule has 0 atom stereocenters. The van der Waals surface area contributed by atoms with E-state index in [0.29, 0.717) is 0 Å². The predicted octanol–water partition coefficient (Wildman–Crippen LogP) is 2.65. The molecule has 1 N–H and O–H groups in total. The fourth-order valence-corrected chi connectivity index (χ4v) is 2.02. The second-order valence-corrected chi connectivity index (χ2v) is 5.09. The maximum atomic E-state index is 12.3. The zero-order valence-electron chi connectivity index (χ0n) is 11.7. The van der Waals surface area contributed by atoms with Gasteiger partial charge in [0.25, 0.3) is 11.6 Å². The zero-order chi connectivity index (χ0) is 15.5. The molecule has 0 spiro atoms. The number of nitro benzene ring substituents is 1. The summed E-state index contributed by atoms with van der Waals surface area (Å²) >= 11 is 0. The highest BCUT2D eigenvalue weighted by Crippen LogP contribution is 2.22. The predicted molar refractivity (Wildman–Crippen MR) is 77.8 cm³/mol. The highest BCUT2D eigenvalue weighted by molar-refractivity contribution is 5.98. The van der Waals surface area contributed by atoms with Crippen LogP contribution in [0.5, 0.6) is 0 Å². The Morgan fingerprint density at radius 2 is 1.81 bits per heavy atom. The molecule has 1 aromatic carbocycles. The van der Waals surface area contributed by atoms with Gasteiger partial charge in [-0.25, -0.2) is 0 Å². The molecule has 0 aliphatic carbocycles. The Morgan fingerprint density at radius 3 is 2.43 bits per heavy atom. The summed E-state index contributed by atoms with van der Waals surface area (Å²) in [7, 11) is 0. The molecule has 6 nitrogen and oxygen atoms in total. The fourth-order valence-electron chi connectivity index (χ4n) is 2.02. The molecule has 0 aliphatic heterocycles. The molecule has 0 radical (unpaired) electrons. The Morgan fingerprint density at radius 1 is 1.19 bits per heavy atom. The summed E-state index contributed by atoms with van der Waals surface area (Å²) in [5, 5.41) is 13.8. The number of amides is 1. The molecule has 1 heterocycles. The third-order valence-electron chi connectivity index (χ3n) is 3.17. The van der Waals surface area contributed by atoms with Crippen LogP contribution in [0.25, 0.3) is 0 Å². The minimum atomic E-state index is -0.663. The lowest BCUT2D eigenvalue weighted by atomic mass is 9.95. The molecule has 0 saturated carbocycles. The molecule has 0 bridgehead atoms. The van der Waals surface area contributed by atoms with Gasteiger partial charge in [0.15, 0.2) is 0 Å². The summed E-state index contributed by atoms with van der Waals surface area (Å²) in [5.41, 5.74) is 0.0404. The van der Waals surface area contributed by atoms with Gasteiger partial charge in [0.1, 0.15) is 5.56 Å². The maximum absolute atomic E-state index is 12.3. The number of aromatic nitrogens is 1. The van der Waals surface area contributed by atoms with Crippen molar-refractivity contribution < 1.29 is 9.72 Å². The third kappa shape index (κ3) is 3.22. The van der Waals surface area contributed by atoms with E-state index in [4.69, 9.17) is 0 Å². The smallest absolute Gasteiger partial charge is 0.282 e. The van der Waals surface area contributed by atoms with Gasteiger partial charge in [-0.1, -0.05) is 12.1 Å². The van der Waals surface area contributed by atoms with Crippen molar-refractivity contribution >= 4 is 11.6 Å². The van der Waals surface area contributed by atoms with Gasteiger partial charge < -0.3 is 5.32 Å². The summed E-state index contributed by atoms with van der Waals surface area (Å²) in [6.45, 7) is 3.66. The molecular weight excluding hydrogens is 270 g/mol. The van der Waals surface area contributed by atoms with E-state index in [9.17, 15) is 14.9 Å². The van der Waals surface area contributed by atoms with Gasteiger partial charge in [0, 0.05) is 18.5 Å². The Bertz CT molecular complexity index is 669. The summed E-state index contributed by atoms with van der Waals surface area (Å²) in [5.74, 6) is -0.482. The zero-order valence-corrected chi connectivity index (χ0v) is 11.7. The average Bonchev–Trinajstić information content (AvgIpc) is 2.47. The number of rotatable bonds is 4. The summed E-state index contributed by atoms with van der Waals surface area (Å²) in [6.07, 6.45) is 3.27. The van der Waals surface area contributed by atoms with Crippen LogP contribution < -0.4 is 5.32 Å². The van der Waals surface area contributed by atoms with Crippen LogP contribution in [0, 0.1) is 10.1 Å². The van der Waals surface area contributed by atoms with E-state index in [-0.39, 0.29) is 11.3 Å². The van der Waals surface area contributed by atoms with Crippen molar-refractivity contribution in [1.82, 2.24) is 10.3 Å². The Hall–Kier alpha value is -2.76. The van der Waals surface area contributed by atoms with E-state index in [2.05, 4.69) is 10.3 Å². The maximum Gasteiger partial charge on any atom is 0.282 e. The van der Waals surface area contributed by atoms with Crippen LogP contribution in [0.1, 0.15) is 29.8 Å². The number of carbonyl (C=O) groups excluding carboxylic acids is 1. The minimum Gasteiger partial charge on any atom is -0.343 e. The number of nitrogens with zero attached hydrogens (tertiary/aromatic N) is 2. The lowest BCUT2D eigenvalue weighted by Gasteiger charge is -2.26. The Labute approximate surface area is 122 Å². The number of carbonyl (C=O) groups is 1. The molecule has 0 aliphatic rings. The van der Waals surface area contributed by atoms with Crippen molar-refractivity contribution in [2.24, 2.45) is 0 Å². The average molecular weight is 285 g/mol. The topological polar surface area (TPSA) is 85.1 Å². The van der Waals surface area contributed by atoms with Gasteiger partial charge in [0.05, 0.1) is 10.5 Å². The van der Waals surface area contributed by atoms with Crippen LogP contribution in [-0.4, -0.2) is 15.8 Å². The first-order valence-electron chi connectivity index (χ1n) is 6.38. The molecular formula is C15H15N3O3. The number of hydrogen-bond donors (Lipinski definition) is 1. The highest BCUT2D eigenvalue weighted by Gasteiger charge is 2.26. The number of hydrogen-bond acceptors (Lipinski definition) is 4. The normalized spacial score (nSPS) is 11.0. The van der Waals surface area contributed by atoms with Crippen molar-refractivity contribution in [3.8, 4) is 0 Å². The molecule has 0 fully saturated rings. The van der Waals surface area contributed by atoms with Gasteiger partial charge in [0.2, 0.25) is 0 Å². The van der Waals surface area contributed by atoms with Crippen molar-refractivity contribution in [3.63, 3.8) is 0 Å². The second kappa shape index (κ2) is 5.70. The molecule has 21 heavy (non-hydrogen) atoms. The van der Waals surface area contributed by atoms with Crippen molar-refractivity contribution in [1.29, 1.82) is 0 Å². The molecule has 6 heteroatoms. The first-order chi connectivity index (χ1) is 9.92. The standard InChI is InChI=1S/C15H15N3O3/c1-15(2,11-7-9-16-10-8-11)17-14(19)12-5-3-4-6-13(12)18(20)21/h3-10H,1-2H3,(H,17,19). The highest BCUT2D eigenvalue weighted by atomic mass is 16.6.